The van der Waals surface area contributed by atoms with E-state index in [1.807, 2.05) is 12.1 Å². The fourth-order valence-electron chi connectivity index (χ4n) is 2.53. The van der Waals surface area contributed by atoms with E-state index in [1.54, 1.807) is 7.11 Å². The fourth-order valence-corrected chi connectivity index (χ4v) is 2.53. The van der Waals surface area contributed by atoms with E-state index < -0.39 is 0 Å². The number of aryl methyl sites for hydroxylation is 1. The lowest BCUT2D eigenvalue weighted by molar-refractivity contribution is 0.415. The van der Waals surface area contributed by atoms with Crippen LogP contribution in [0.1, 0.15) is 16.8 Å². The zero-order valence-electron chi connectivity index (χ0n) is 12.4. The molecule has 1 N–H and O–H groups in total. The molecule has 0 aliphatic heterocycles. The summed E-state index contributed by atoms with van der Waals surface area (Å²) in [5.74, 6) is 0.881. The molecule has 0 saturated heterocycles. The fraction of sp³-hybridized carbons (Fsp3) is 0.158. The van der Waals surface area contributed by atoms with Gasteiger partial charge in [-0.3, -0.25) is 0 Å². The maximum absolute atomic E-state index is 5.20. The standard InChI is InChI=1S/C19H19NO/c1-14-17(12-15-6-4-3-5-7-15)13-19(20-14)16-8-10-18(21-2)11-9-16/h3-11,13,20H,12H2,1-2H3. The third-order valence-electron chi connectivity index (χ3n) is 3.76. The Hall–Kier alpha value is -2.48. The summed E-state index contributed by atoms with van der Waals surface area (Å²) in [6.07, 6.45) is 0.958. The number of aromatic amines is 1. The van der Waals surface area contributed by atoms with E-state index >= 15 is 0 Å². The molecule has 0 saturated carbocycles. The van der Waals surface area contributed by atoms with Crippen LogP contribution in [0.2, 0.25) is 0 Å². The zero-order chi connectivity index (χ0) is 14.7. The summed E-state index contributed by atoms with van der Waals surface area (Å²) < 4.78 is 5.20. The number of ether oxygens (including phenoxy) is 1. The minimum atomic E-state index is 0.881. The van der Waals surface area contributed by atoms with Crippen LogP contribution in [0.5, 0.6) is 5.75 Å². The lowest BCUT2D eigenvalue weighted by Gasteiger charge is -2.01. The average Bonchev–Trinajstić information content (AvgIpc) is 2.89. The van der Waals surface area contributed by atoms with Crippen molar-refractivity contribution in [1.29, 1.82) is 0 Å². The van der Waals surface area contributed by atoms with Gasteiger partial charge in [-0.2, -0.15) is 0 Å². The largest absolute Gasteiger partial charge is 0.497 e. The monoisotopic (exact) mass is 277 g/mol. The van der Waals surface area contributed by atoms with Crippen molar-refractivity contribution in [1.82, 2.24) is 4.98 Å². The van der Waals surface area contributed by atoms with E-state index in [4.69, 9.17) is 4.74 Å². The van der Waals surface area contributed by atoms with Gasteiger partial charge in [-0.15, -0.1) is 0 Å². The first kappa shape index (κ1) is 13.5. The van der Waals surface area contributed by atoms with Crippen molar-refractivity contribution in [2.24, 2.45) is 0 Å². The van der Waals surface area contributed by atoms with Crippen LogP contribution in [-0.4, -0.2) is 12.1 Å². The molecule has 0 aliphatic rings. The predicted molar refractivity (Wildman–Crippen MR) is 86.8 cm³/mol. The van der Waals surface area contributed by atoms with Crippen LogP contribution in [0.25, 0.3) is 11.3 Å². The van der Waals surface area contributed by atoms with Gasteiger partial charge in [-0.1, -0.05) is 30.3 Å². The molecular weight excluding hydrogens is 258 g/mol. The molecule has 2 nitrogen and oxygen atoms in total. The Morgan fingerprint density at radius 1 is 0.952 bits per heavy atom. The van der Waals surface area contributed by atoms with Gasteiger partial charge < -0.3 is 9.72 Å². The van der Waals surface area contributed by atoms with Gasteiger partial charge in [0.2, 0.25) is 0 Å². The second-order valence-electron chi connectivity index (χ2n) is 5.22. The second-order valence-corrected chi connectivity index (χ2v) is 5.22. The van der Waals surface area contributed by atoms with Crippen molar-refractivity contribution in [3.63, 3.8) is 0 Å². The van der Waals surface area contributed by atoms with Gasteiger partial charge in [0.05, 0.1) is 7.11 Å². The molecule has 0 unspecified atom stereocenters. The van der Waals surface area contributed by atoms with Crippen molar-refractivity contribution in [2.75, 3.05) is 7.11 Å². The van der Waals surface area contributed by atoms with Gasteiger partial charge in [0.1, 0.15) is 5.75 Å². The van der Waals surface area contributed by atoms with E-state index in [0.29, 0.717) is 0 Å². The Bertz CT molecular complexity index is 711. The molecule has 0 atom stereocenters. The molecule has 3 aromatic rings. The molecule has 3 rings (SSSR count). The number of methoxy groups -OCH3 is 1. The van der Waals surface area contributed by atoms with Crippen LogP contribution < -0.4 is 4.74 Å². The topological polar surface area (TPSA) is 25.0 Å². The number of hydrogen-bond donors (Lipinski definition) is 1. The van der Waals surface area contributed by atoms with Gasteiger partial charge in [0, 0.05) is 11.4 Å². The minimum absolute atomic E-state index is 0.881. The third-order valence-corrected chi connectivity index (χ3v) is 3.76. The number of benzene rings is 2. The van der Waals surface area contributed by atoms with Crippen molar-refractivity contribution in [2.45, 2.75) is 13.3 Å². The summed E-state index contributed by atoms with van der Waals surface area (Å²) >= 11 is 0. The second kappa shape index (κ2) is 5.88. The first-order valence-electron chi connectivity index (χ1n) is 7.13. The van der Waals surface area contributed by atoms with E-state index in [1.165, 1.54) is 22.4 Å². The van der Waals surface area contributed by atoms with Crippen molar-refractivity contribution < 1.29 is 4.74 Å². The summed E-state index contributed by atoms with van der Waals surface area (Å²) in [5.41, 5.74) is 6.23. The molecule has 0 fully saturated rings. The summed E-state index contributed by atoms with van der Waals surface area (Å²) in [7, 11) is 1.69. The van der Waals surface area contributed by atoms with Crippen LogP contribution in [0, 0.1) is 6.92 Å². The van der Waals surface area contributed by atoms with E-state index in [2.05, 4.69) is 60.4 Å². The lowest BCUT2D eigenvalue weighted by atomic mass is 10.0. The molecule has 1 heterocycles. The molecule has 0 aliphatic carbocycles. The molecule has 2 aromatic carbocycles. The maximum atomic E-state index is 5.20. The highest BCUT2D eigenvalue weighted by molar-refractivity contribution is 5.62. The van der Waals surface area contributed by atoms with Gasteiger partial charge in [0.25, 0.3) is 0 Å². The SMILES string of the molecule is COc1ccc(-c2cc(Cc3ccccc3)c(C)[nH]2)cc1. The number of H-pyrrole nitrogens is 1. The van der Waals surface area contributed by atoms with Gasteiger partial charge in [-0.05, 0) is 60.4 Å². The van der Waals surface area contributed by atoms with E-state index in [-0.39, 0.29) is 0 Å². The smallest absolute Gasteiger partial charge is 0.118 e. The summed E-state index contributed by atoms with van der Waals surface area (Å²) in [5, 5.41) is 0. The number of hydrogen-bond acceptors (Lipinski definition) is 1. The molecule has 1 aromatic heterocycles. The highest BCUT2D eigenvalue weighted by atomic mass is 16.5. The number of rotatable bonds is 4. The maximum Gasteiger partial charge on any atom is 0.118 e. The molecule has 0 bridgehead atoms. The first-order chi connectivity index (χ1) is 10.3. The van der Waals surface area contributed by atoms with Gasteiger partial charge >= 0.3 is 0 Å². The van der Waals surface area contributed by atoms with Crippen molar-refractivity contribution >= 4 is 0 Å². The predicted octanol–water partition coefficient (Wildman–Crippen LogP) is 4.59. The molecule has 106 valence electrons. The van der Waals surface area contributed by atoms with Crippen LogP contribution in [0.4, 0.5) is 0 Å². The molecule has 2 heteroatoms. The third kappa shape index (κ3) is 3.00. The van der Waals surface area contributed by atoms with Crippen LogP contribution >= 0.6 is 0 Å². The number of aromatic nitrogens is 1. The zero-order valence-corrected chi connectivity index (χ0v) is 12.4. The Morgan fingerprint density at radius 3 is 2.33 bits per heavy atom. The lowest BCUT2D eigenvalue weighted by Crippen LogP contribution is -1.87. The highest BCUT2D eigenvalue weighted by Crippen LogP contribution is 2.25. The Balaban J connectivity index is 1.86. The highest BCUT2D eigenvalue weighted by Gasteiger charge is 2.07. The van der Waals surface area contributed by atoms with Crippen molar-refractivity contribution in [3.05, 3.63) is 77.5 Å². The minimum Gasteiger partial charge on any atom is -0.497 e. The molecule has 0 amide bonds. The molecule has 0 radical (unpaired) electrons. The summed E-state index contributed by atoms with van der Waals surface area (Å²) in [4.78, 5) is 3.48. The summed E-state index contributed by atoms with van der Waals surface area (Å²) in [6.45, 7) is 2.13. The Kier molecular flexibility index (Phi) is 3.78. The molecule has 21 heavy (non-hydrogen) atoms. The van der Waals surface area contributed by atoms with E-state index in [0.717, 1.165) is 17.9 Å². The first-order valence-corrected chi connectivity index (χ1v) is 7.13. The molecular formula is C19H19NO. The Morgan fingerprint density at radius 2 is 1.67 bits per heavy atom. The van der Waals surface area contributed by atoms with Crippen LogP contribution in [0.3, 0.4) is 0 Å². The van der Waals surface area contributed by atoms with Gasteiger partial charge in [0.15, 0.2) is 0 Å². The number of nitrogens with one attached hydrogen (secondary N) is 1. The van der Waals surface area contributed by atoms with Crippen LogP contribution in [-0.2, 0) is 6.42 Å². The van der Waals surface area contributed by atoms with Gasteiger partial charge in [-0.25, -0.2) is 0 Å². The van der Waals surface area contributed by atoms with E-state index in [9.17, 15) is 0 Å². The summed E-state index contributed by atoms with van der Waals surface area (Å²) in [6, 6.07) is 20.9. The van der Waals surface area contributed by atoms with Crippen LogP contribution in [0.15, 0.2) is 60.7 Å². The molecule has 0 spiro atoms. The quantitative estimate of drug-likeness (QED) is 0.741. The normalized spacial score (nSPS) is 10.6. The van der Waals surface area contributed by atoms with Crippen molar-refractivity contribution in [3.8, 4) is 17.0 Å². The Labute approximate surface area is 125 Å². The average molecular weight is 277 g/mol.